The van der Waals surface area contributed by atoms with Crippen LogP contribution in [0.3, 0.4) is 0 Å². The number of halogens is 4. The van der Waals surface area contributed by atoms with Crippen LogP contribution in [0, 0.1) is 5.82 Å². The van der Waals surface area contributed by atoms with Crippen LogP contribution in [0.25, 0.3) is 10.9 Å². The molecule has 1 aliphatic rings. The molecule has 2 heterocycles. The number of fused-ring (bicyclic) bond motifs is 1. The Labute approximate surface area is 112 Å². The second-order valence-corrected chi connectivity index (χ2v) is 4.72. The fourth-order valence-electron chi connectivity index (χ4n) is 2.38. The summed E-state index contributed by atoms with van der Waals surface area (Å²) in [4.78, 5) is 8.86. The van der Waals surface area contributed by atoms with Gasteiger partial charge in [-0.05, 0) is 31.0 Å². The molecule has 0 N–H and O–H groups in total. The second kappa shape index (κ2) is 4.57. The summed E-state index contributed by atoms with van der Waals surface area (Å²) in [6, 6.07) is 3.54. The van der Waals surface area contributed by atoms with E-state index in [1.165, 1.54) is 12.1 Å². The quantitative estimate of drug-likeness (QED) is 0.752. The number of hydrogen-bond acceptors (Lipinski definition) is 3. The third kappa shape index (κ3) is 2.28. The summed E-state index contributed by atoms with van der Waals surface area (Å²) in [7, 11) is 0. The van der Waals surface area contributed by atoms with E-state index in [4.69, 9.17) is 0 Å². The lowest BCUT2D eigenvalue weighted by molar-refractivity contribution is -0.144. The Hall–Kier alpha value is -1.92. The van der Waals surface area contributed by atoms with Crippen LogP contribution in [0.1, 0.15) is 18.7 Å². The van der Waals surface area contributed by atoms with E-state index in [9.17, 15) is 17.6 Å². The lowest BCUT2D eigenvalue weighted by atomic mass is 10.2. The fraction of sp³-hybridized carbons (Fsp3) is 0.385. The number of aromatic nitrogens is 2. The lowest BCUT2D eigenvalue weighted by Gasteiger charge is -2.19. The van der Waals surface area contributed by atoms with Crippen LogP contribution in [0.4, 0.5) is 23.4 Å². The first-order valence-corrected chi connectivity index (χ1v) is 6.24. The molecule has 20 heavy (non-hydrogen) atoms. The molecule has 0 spiro atoms. The third-order valence-corrected chi connectivity index (χ3v) is 3.30. The van der Waals surface area contributed by atoms with E-state index in [1.54, 1.807) is 4.90 Å². The average molecular weight is 285 g/mol. The summed E-state index contributed by atoms with van der Waals surface area (Å²) >= 11 is 0. The zero-order valence-electron chi connectivity index (χ0n) is 10.4. The Bertz CT molecular complexity index is 648. The third-order valence-electron chi connectivity index (χ3n) is 3.30. The SMILES string of the molecule is Fc1ccc2nc(C(F)(F)F)nc(N3CCCC3)c2c1. The van der Waals surface area contributed by atoms with Gasteiger partial charge < -0.3 is 4.90 Å². The molecule has 1 aliphatic heterocycles. The van der Waals surface area contributed by atoms with Gasteiger partial charge >= 0.3 is 6.18 Å². The molecule has 7 heteroatoms. The summed E-state index contributed by atoms with van der Waals surface area (Å²) in [5.41, 5.74) is 0.107. The van der Waals surface area contributed by atoms with Crippen LogP contribution < -0.4 is 4.90 Å². The van der Waals surface area contributed by atoms with Gasteiger partial charge in [0.05, 0.1) is 5.52 Å². The molecule has 0 radical (unpaired) electrons. The van der Waals surface area contributed by atoms with E-state index in [2.05, 4.69) is 9.97 Å². The topological polar surface area (TPSA) is 29.0 Å². The van der Waals surface area contributed by atoms with Crippen molar-refractivity contribution in [3.8, 4) is 0 Å². The minimum Gasteiger partial charge on any atom is -0.356 e. The number of benzene rings is 1. The monoisotopic (exact) mass is 285 g/mol. The molecule has 3 nitrogen and oxygen atoms in total. The van der Waals surface area contributed by atoms with Gasteiger partial charge in [-0.15, -0.1) is 0 Å². The minimum absolute atomic E-state index is 0.107. The Balaban J connectivity index is 2.24. The van der Waals surface area contributed by atoms with Crippen LogP contribution in [-0.4, -0.2) is 23.1 Å². The maximum absolute atomic E-state index is 13.3. The standard InChI is InChI=1S/C13H11F4N3/c14-8-3-4-10-9(7-8)11(20-5-1-2-6-20)19-12(18-10)13(15,16)17/h3-4,7H,1-2,5-6H2. The molecule has 0 bridgehead atoms. The average Bonchev–Trinajstić information content (AvgIpc) is 2.90. The minimum atomic E-state index is -4.61. The number of anilines is 1. The van der Waals surface area contributed by atoms with Crippen molar-refractivity contribution in [3.63, 3.8) is 0 Å². The van der Waals surface area contributed by atoms with Crippen molar-refractivity contribution in [1.29, 1.82) is 0 Å². The number of alkyl halides is 3. The molecular weight excluding hydrogens is 274 g/mol. The zero-order chi connectivity index (χ0) is 14.3. The highest BCUT2D eigenvalue weighted by Gasteiger charge is 2.36. The Morgan fingerprint density at radius 3 is 2.40 bits per heavy atom. The summed E-state index contributed by atoms with van der Waals surface area (Å²) in [5.74, 6) is -1.53. The molecule has 1 saturated heterocycles. The number of nitrogens with zero attached hydrogens (tertiary/aromatic N) is 3. The van der Waals surface area contributed by atoms with Crippen LogP contribution >= 0.6 is 0 Å². The molecule has 106 valence electrons. The molecule has 1 fully saturated rings. The van der Waals surface area contributed by atoms with Gasteiger partial charge in [-0.3, -0.25) is 0 Å². The second-order valence-electron chi connectivity index (χ2n) is 4.72. The highest BCUT2D eigenvalue weighted by molar-refractivity contribution is 5.89. The van der Waals surface area contributed by atoms with E-state index < -0.39 is 17.8 Å². The molecule has 3 rings (SSSR count). The Morgan fingerprint density at radius 1 is 1.05 bits per heavy atom. The molecule has 0 amide bonds. The van der Waals surface area contributed by atoms with E-state index in [0.29, 0.717) is 18.5 Å². The molecule has 1 aromatic carbocycles. The van der Waals surface area contributed by atoms with Gasteiger partial charge in [-0.2, -0.15) is 13.2 Å². The van der Waals surface area contributed by atoms with E-state index in [-0.39, 0.29) is 11.3 Å². The predicted molar refractivity (Wildman–Crippen MR) is 65.9 cm³/mol. The molecule has 1 aromatic heterocycles. The summed E-state index contributed by atoms with van der Waals surface area (Å²) in [6.45, 7) is 1.25. The van der Waals surface area contributed by atoms with Gasteiger partial charge in [0.2, 0.25) is 5.82 Å². The van der Waals surface area contributed by atoms with Gasteiger partial charge in [-0.1, -0.05) is 0 Å². The maximum atomic E-state index is 13.3. The van der Waals surface area contributed by atoms with Crippen molar-refractivity contribution in [2.75, 3.05) is 18.0 Å². The van der Waals surface area contributed by atoms with Crippen molar-refractivity contribution < 1.29 is 17.6 Å². The molecule has 0 saturated carbocycles. The highest BCUT2D eigenvalue weighted by Crippen LogP contribution is 2.33. The highest BCUT2D eigenvalue weighted by atomic mass is 19.4. The van der Waals surface area contributed by atoms with Crippen molar-refractivity contribution in [3.05, 3.63) is 29.8 Å². The molecule has 0 atom stereocenters. The molecule has 0 aliphatic carbocycles. The van der Waals surface area contributed by atoms with Gasteiger partial charge in [-0.25, -0.2) is 14.4 Å². The van der Waals surface area contributed by atoms with Crippen LogP contribution in [0.5, 0.6) is 0 Å². The summed E-state index contributed by atoms with van der Waals surface area (Å²) in [5, 5.41) is 0.319. The van der Waals surface area contributed by atoms with Gasteiger partial charge in [0.15, 0.2) is 0 Å². The van der Waals surface area contributed by atoms with E-state index >= 15 is 0 Å². The van der Waals surface area contributed by atoms with Gasteiger partial charge in [0.1, 0.15) is 11.6 Å². The van der Waals surface area contributed by atoms with Gasteiger partial charge in [0, 0.05) is 18.5 Å². The lowest BCUT2D eigenvalue weighted by Crippen LogP contribution is -2.22. The van der Waals surface area contributed by atoms with Crippen LogP contribution in [-0.2, 0) is 6.18 Å². The van der Waals surface area contributed by atoms with E-state index in [0.717, 1.165) is 18.9 Å². The Morgan fingerprint density at radius 2 is 1.75 bits per heavy atom. The number of rotatable bonds is 1. The Kier molecular flexibility index (Phi) is 2.99. The van der Waals surface area contributed by atoms with Crippen molar-refractivity contribution in [1.82, 2.24) is 9.97 Å². The van der Waals surface area contributed by atoms with Crippen molar-refractivity contribution in [2.24, 2.45) is 0 Å². The largest absolute Gasteiger partial charge is 0.451 e. The summed E-state index contributed by atoms with van der Waals surface area (Å²) < 4.78 is 51.9. The molecule has 2 aromatic rings. The van der Waals surface area contributed by atoms with Crippen LogP contribution in [0.15, 0.2) is 18.2 Å². The first-order valence-electron chi connectivity index (χ1n) is 6.24. The smallest absolute Gasteiger partial charge is 0.356 e. The van der Waals surface area contributed by atoms with Crippen LogP contribution in [0.2, 0.25) is 0 Å². The van der Waals surface area contributed by atoms with Crippen molar-refractivity contribution >= 4 is 16.7 Å². The summed E-state index contributed by atoms with van der Waals surface area (Å²) in [6.07, 6.45) is -2.83. The van der Waals surface area contributed by atoms with E-state index in [1.807, 2.05) is 0 Å². The fourth-order valence-corrected chi connectivity index (χ4v) is 2.38. The first kappa shape index (κ1) is 13.1. The van der Waals surface area contributed by atoms with Crippen molar-refractivity contribution in [2.45, 2.75) is 19.0 Å². The van der Waals surface area contributed by atoms with Gasteiger partial charge in [0.25, 0.3) is 0 Å². The normalized spacial score (nSPS) is 16.1. The zero-order valence-corrected chi connectivity index (χ0v) is 10.4. The molecular formula is C13H11F4N3. The number of hydrogen-bond donors (Lipinski definition) is 0. The molecule has 0 unspecified atom stereocenters. The first-order chi connectivity index (χ1) is 9.45. The predicted octanol–water partition coefficient (Wildman–Crippen LogP) is 3.39. The maximum Gasteiger partial charge on any atom is 0.451 e.